The Labute approximate surface area is 214 Å². The lowest BCUT2D eigenvalue weighted by molar-refractivity contribution is -0.128. The first kappa shape index (κ1) is 33.6. The molecular formula is C31H62O3. The fourth-order valence-corrected chi connectivity index (χ4v) is 4.50. The van der Waals surface area contributed by atoms with Gasteiger partial charge in [-0.2, -0.15) is 0 Å². The Morgan fingerprint density at radius 3 is 0.882 bits per heavy atom. The molecule has 3 nitrogen and oxygen atoms in total. The number of rotatable bonds is 30. The van der Waals surface area contributed by atoms with Crippen LogP contribution in [0.4, 0.5) is 0 Å². The van der Waals surface area contributed by atoms with Crippen LogP contribution in [0.5, 0.6) is 0 Å². The zero-order chi connectivity index (χ0) is 24.8. The van der Waals surface area contributed by atoms with E-state index < -0.39 is 0 Å². The van der Waals surface area contributed by atoms with Crippen LogP contribution >= 0.6 is 0 Å². The van der Waals surface area contributed by atoms with Gasteiger partial charge in [-0.25, -0.2) is 0 Å². The third-order valence-corrected chi connectivity index (χ3v) is 6.81. The van der Waals surface area contributed by atoms with Crippen molar-refractivity contribution >= 4 is 5.78 Å². The van der Waals surface area contributed by atoms with E-state index in [1.165, 1.54) is 141 Å². The Morgan fingerprint density at radius 2 is 0.618 bits per heavy atom. The molecule has 0 N–H and O–H groups in total. The van der Waals surface area contributed by atoms with Crippen molar-refractivity contribution < 1.29 is 14.3 Å². The van der Waals surface area contributed by atoms with Crippen LogP contribution in [0.1, 0.15) is 168 Å². The standard InChI is InChI=1S/C31H62O3/c1-3-5-7-9-11-13-15-17-19-21-23-25-27-33-29-31(32)30-34-28-26-24-22-20-18-16-14-12-10-8-6-4-2/h3-30H2,1-2H3. The molecule has 0 fully saturated rings. The summed E-state index contributed by atoms with van der Waals surface area (Å²) in [5.74, 6) is 0.0814. The van der Waals surface area contributed by atoms with Crippen molar-refractivity contribution in [2.45, 2.75) is 168 Å². The number of carbonyl (C=O) groups excluding carboxylic acids is 1. The van der Waals surface area contributed by atoms with Crippen LogP contribution in [0.2, 0.25) is 0 Å². The molecule has 0 heterocycles. The zero-order valence-electron chi connectivity index (χ0n) is 23.5. The van der Waals surface area contributed by atoms with Crippen LogP contribution in [0.25, 0.3) is 0 Å². The molecule has 0 bridgehead atoms. The molecule has 0 radical (unpaired) electrons. The van der Waals surface area contributed by atoms with Crippen LogP contribution in [0.15, 0.2) is 0 Å². The summed E-state index contributed by atoms with van der Waals surface area (Å²) in [7, 11) is 0. The van der Waals surface area contributed by atoms with Crippen LogP contribution in [0, 0.1) is 0 Å². The average molecular weight is 483 g/mol. The SMILES string of the molecule is CCCCCCCCCCCCCCOCC(=O)COCCCCCCCCCCCCCC. The Hall–Kier alpha value is -0.410. The maximum atomic E-state index is 11.8. The first-order valence-corrected chi connectivity index (χ1v) is 15.5. The maximum Gasteiger partial charge on any atom is 0.183 e. The minimum Gasteiger partial charge on any atom is -0.374 e. The lowest BCUT2D eigenvalue weighted by atomic mass is 10.1. The number of unbranched alkanes of at least 4 members (excludes halogenated alkanes) is 22. The van der Waals surface area contributed by atoms with E-state index in [-0.39, 0.29) is 19.0 Å². The highest BCUT2D eigenvalue weighted by Gasteiger charge is 2.02. The molecular weight excluding hydrogens is 420 g/mol. The quantitative estimate of drug-likeness (QED) is 0.0955. The predicted molar refractivity (Wildman–Crippen MR) is 149 cm³/mol. The molecule has 0 atom stereocenters. The smallest absolute Gasteiger partial charge is 0.183 e. The van der Waals surface area contributed by atoms with E-state index in [1.807, 2.05) is 0 Å². The van der Waals surface area contributed by atoms with Crippen molar-refractivity contribution in [2.75, 3.05) is 26.4 Å². The van der Waals surface area contributed by atoms with E-state index in [1.54, 1.807) is 0 Å². The van der Waals surface area contributed by atoms with Crippen molar-refractivity contribution in [3.8, 4) is 0 Å². The van der Waals surface area contributed by atoms with Gasteiger partial charge in [-0.3, -0.25) is 4.79 Å². The second-order valence-corrected chi connectivity index (χ2v) is 10.4. The lowest BCUT2D eigenvalue weighted by Crippen LogP contribution is -2.16. The van der Waals surface area contributed by atoms with Crippen molar-refractivity contribution in [1.82, 2.24) is 0 Å². The van der Waals surface area contributed by atoms with Gasteiger partial charge in [0.25, 0.3) is 0 Å². The summed E-state index contributed by atoms with van der Waals surface area (Å²) in [4.78, 5) is 11.8. The largest absolute Gasteiger partial charge is 0.374 e. The summed E-state index contributed by atoms with van der Waals surface area (Å²) >= 11 is 0. The molecule has 34 heavy (non-hydrogen) atoms. The monoisotopic (exact) mass is 482 g/mol. The minimum absolute atomic E-state index is 0.0814. The second kappa shape index (κ2) is 30.6. The summed E-state index contributed by atoms with van der Waals surface area (Å²) in [5.41, 5.74) is 0. The highest BCUT2D eigenvalue weighted by Crippen LogP contribution is 2.13. The first-order chi connectivity index (χ1) is 16.8. The first-order valence-electron chi connectivity index (χ1n) is 15.5. The van der Waals surface area contributed by atoms with Gasteiger partial charge < -0.3 is 9.47 Å². The molecule has 0 aliphatic carbocycles. The van der Waals surface area contributed by atoms with Gasteiger partial charge in [-0.05, 0) is 12.8 Å². The second-order valence-electron chi connectivity index (χ2n) is 10.4. The number of ether oxygens (including phenoxy) is 2. The lowest BCUT2D eigenvalue weighted by Gasteiger charge is -2.06. The predicted octanol–water partition coefficient (Wildman–Crippen LogP) is 9.99. The molecule has 0 rings (SSSR count). The van der Waals surface area contributed by atoms with Crippen LogP contribution in [-0.4, -0.2) is 32.2 Å². The van der Waals surface area contributed by atoms with Crippen molar-refractivity contribution in [1.29, 1.82) is 0 Å². The Balaban J connectivity index is 3.14. The molecule has 0 aromatic rings. The van der Waals surface area contributed by atoms with Crippen molar-refractivity contribution in [3.05, 3.63) is 0 Å². The molecule has 0 unspecified atom stereocenters. The topological polar surface area (TPSA) is 35.5 Å². The molecule has 0 spiro atoms. The van der Waals surface area contributed by atoms with E-state index >= 15 is 0 Å². The molecule has 0 aliphatic heterocycles. The minimum atomic E-state index is 0.0814. The fourth-order valence-electron chi connectivity index (χ4n) is 4.50. The van der Waals surface area contributed by atoms with Gasteiger partial charge in [0.15, 0.2) is 5.78 Å². The van der Waals surface area contributed by atoms with E-state index in [0.717, 1.165) is 12.8 Å². The van der Waals surface area contributed by atoms with Crippen LogP contribution in [-0.2, 0) is 14.3 Å². The van der Waals surface area contributed by atoms with E-state index in [2.05, 4.69) is 13.8 Å². The molecule has 0 aliphatic rings. The molecule has 3 heteroatoms. The van der Waals surface area contributed by atoms with Gasteiger partial charge in [0.1, 0.15) is 13.2 Å². The molecule has 204 valence electrons. The van der Waals surface area contributed by atoms with Crippen LogP contribution < -0.4 is 0 Å². The van der Waals surface area contributed by atoms with Gasteiger partial charge >= 0.3 is 0 Å². The van der Waals surface area contributed by atoms with Gasteiger partial charge in [0.05, 0.1) is 0 Å². The van der Waals surface area contributed by atoms with Crippen molar-refractivity contribution in [2.24, 2.45) is 0 Å². The summed E-state index contributed by atoms with van der Waals surface area (Å²) in [6.07, 6.45) is 32.3. The summed E-state index contributed by atoms with van der Waals surface area (Å²) in [5, 5.41) is 0. The molecule has 0 amide bonds. The number of carbonyl (C=O) groups is 1. The molecule has 0 aromatic heterocycles. The maximum absolute atomic E-state index is 11.8. The zero-order valence-corrected chi connectivity index (χ0v) is 23.5. The van der Waals surface area contributed by atoms with Crippen molar-refractivity contribution in [3.63, 3.8) is 0 Å². The number of Topliss-reactive ketones (excluding diaryl/α,β-unsaturated/α-hetero) is 1. The Bertz CT molecular complexity index is 349. The molecule has 0 saturated heterocycles. The number of ketones is 1. The highest BCUT2D eigenvalue weighted by molar-refractivity contribution is 5.80. The van der Waals surface area contributed by atoms with Gasteiger partial charge in [0.2, 0.25) is 0 Å². The van der Waals surface area contributed by atoms with E-state index in [0.29, 0.717) is 13.2 Å². The third-order valence-electron chi connectivity index (χ3n) is 6.81. The third kappa shape index (κ3) is 29.6. The summed E-state index contributed by atoms with van der Waals surface area (Å²) < 4.78 is 11.1. The summed E-state index contributed by atoms with van der Waals surface area (Å²) in [6.45, 7) is 6.41. The normalized spacial score (nSPS) is 11.4. The van der Waals surface area contributed by atoms with Crippen LogP contribution in [0.3, 0.4) is 0 Å². The Kier molecular flexibility index (Phi) is 30.3. The fraction of sp³-hybridized carbons (Fsp3) is 0.968. The average Bonchev–Trinajstić information content (AvgIpc) is 2.84. The van der Waals surface area contributed by atoms with Gasteiger partial charge in [-0.1, -0.05) is 155 Å². The Morgan fingerprint density at radius 1 is 0.382 bits per heavy atom. The number of hydrogen-bond acceptors (Lipinski definition) is 3. The van der Waals surface area contributed by atoms with Gasteiger partial charge in [0, 0.05) is 13.2 Å². The summed E-state index contributed by atoms with van der Waals surface area (Å²) in [6, 6.07) is 0. The number of hydrogen-bond donors (Lipinski definition) is 0. The molecule has 0 saturated carbocycles. The van der Waals surface area contributed by atoms with E-state index in [9.17, 15) is 4.79 Å². The highest BCUT2D eigenvalue weighted by atomic mass is 16.5. The van der Waals surface area contributed by atoms with E-state index in [4.69, 9.17) is 9.47 Å². The van der Waals surface area contributed by atoms with Gasteiger partial charge in [-0.15, -0.1) is 0 Å². The molecule has 0 aromatic carbocycles.